The number of aromatic nitrogens is 2. The molecule has 31 heavy (non-hydrogen) atoms. The Morgan fingerprint density at radius 3 is 2.00 bits per heavy atom. The summed E-state index contributed by atoms with van der Waals surface area (Å²) < 4.78 is 3.53. The average molecular weight is 428 g/mol. The Kier molecular flexibility index (Phi) is 6.75. The van der Waals surface area contributed by atoms with Crippen LogP contribution in [0.3, 0.4) is 0 Å². The average Bonchev–Trinajstić information content (AvgIpc) is 3.41. The van der Waals surface area contributed by atoms with E-state index in [1.807, 2.05) is 34.1 Å². The van der Waals surface area contributed by atoms with Gasteiger partial charge in [-0.1, -0.05) is 19.1 Å². The van der Waals surface area contributed by atoms with Gasteiger partial charge in [-0.3, -0.25) is 23.6 Å². The number of carbonyl (C=O) groups excluding carboxylic acids is 2. The molecule has 2 amide bonds. The molecule has 0 aliphatic carbocycles. The molecular formula is C23H33N5O3. The smallest absolute Gasteiger partial charge is 0.329 e. The summed E-state index contributed by atoms with van der Waals surface area (Å²) in [7, 11) is 0. The van der Waals surface area contributed by atoms with Gasteiger partial charge >= 0.3 is 5.69 Å². The summed E-state index contributed by atoms with van der Waals surface area (Å²) in [4.78, 5) is 44.0. The molecule has 2 aliphatic rings. The number of aryl methyl sites for hydroxylation is 2. The fourth-order valence-electron chi connectivity index (χ4n) is 4.71. The molecule has 2 fully saturated rings. The van der Waals surface area contributed by atoms with Gasteiger partial charge in [-0.15, -0.1) is 0 Å². The number of nitrogens with zero attached hydrogens (tertiary/aromatic N) is 5. The minimum atomic E-state index is -0.0407. The molecule has 0 saturated carbocycles. The standard InChI is InChI=1S/C23H33N5O3/c1-2-10-27-19-7-3-4-8-20(19)28(23(27)31)13-9-21(29)26-16-14-24(15-17-26)18-22(30)25-11-5-6-12-25/h3-4,7-8H,2,5-6,9-18H2,1H3. The number of imidazole rings is 1. The van der Waals surface area contributed by atoms with Crippen molar-refractivity contribution < 1.29 is 9.59 Å². The predicted octanol–water partition coefficient (Wildman–Crippen LogP) is 1.37. The Balaban J connectivity index is 1.31. The number of para-hydroxylation sites is 2. The highest BCUT2D eigenvalue weighted by Crippen LogP contribution is 2.14. The van der Waals surface area contributed by atoms with Crippen LogP contribution in [0, 0.1) is 0 Å². The van der Waals surface area contributed by atoms with Gasteiger partial charge in [0.1, 0.15) is 0 Å². The van der Waals surface area contributed by atoms with E-state index < -0.39 is 0 Å². The number of hydrogen-bond donors (Lipinski definition) is 0. The van der Waals surface area contributed by atoms with E-state index in [1.165, 1.54) is 0 Å². The van der Waals surface area contributed by atoms with Crippen LogP contribution < -0.4 is 5.69 Å². The molecule has 0 bridgehead atoms. The minimum Gasteiger partial charge on any atom is -0.342 e. The van der Waals surface area contributed by atoms with Crippen LogP contribution >= 0.6 is 0 Å². The zero-order chi connectivity index (χ0) is 21.8. The summed E-state index contributed by atoms with van der Waals surface area (Å²) in [5.74, 6) is 0.282. The molecule has 4 rings (SSSR count). The molecule has 2 saturated heterocycles. The molecule has 8 nitrogen and oxygen atoms in total. The van der Waals surface area contributed by atoms with Gasteiger partial charge in [0.25, 0.3) is 0 Å². The first kappa shape index (κ1) is 21.6. The lowest BCUT2D eigenvalue weighted by molar-refractivity contribution is -0.134. The maximum atomic E-state index is 12.9. The second-order valence-corrected chi connectivity index (χ2v) is 8.57. The Morgan fingerprint density at radius 2 is 1.39 bits per heavy atom. The number of piperazine rings is 1. The number of carbonyl (C=O) groups is 2. The van der Waals surface area contributed by atoms with Crippen LogP contribution in [0.25, 0.3) is 11.0 Å². The first-order valence-electron chi connectivity index (χ1n) is 11.5. The van der Waals surface area contributed by atoms with Crippen molar-refractivity contribution in [3.05, 3.63) is 34.7 Å². The van der Waals surface area contributed by atoms with Crippen LogP contribution in [0.5, 0.6) is 0 Å². The van der Waals surface area contributed by atoms with Crippen LogP contribution in [0.1, 0.15) is 32.6 Å². The summed E-state index contributed by atoms with van der Waals surface area (Å²) in [5.41, 5.74) is 1.78. The third kappa shape index (κ3) is 4.69. The van der Waals surface area contributed by atoms with Crippen LogP contribution in [-0.4, -0.2) is 81.5 Å². The molecule has 8 heteroatoms. The van der Waals surface area contributed by atoms with E-state index in [9.17, 15) is 14.4 Å². The molecule has 2 aromatic rings. The van der Waals surface area contributed by atoms with Gasteiger partial charge in [-0.2, -0.15) is 0 Å². The monoisotopic (exact) mass is 427 g/mol. The molecular weight excluding hydrogens is 394 g/mol. The Morgan fingerprint density at radius 1 is 0.806 bits per heavy atom. The van der Waals surface area contributed by atoms with E-state index in [0.29, 0.717) is 39.1 Å². The number of amides is 2. The fourth-order valence-corrected chi connectivity index (χ4v) is 4.71. The van der Waals surface area contributed by atoms with E-state index in [1.54, 1.807) is 9.13 Å². The first-order chi connectivity index (χ1) is 15.1. The van der Waals surface area contributed by atoms with Gasteiger partial charge in [0, 0.05) is 58.8 Å². The summed E-state index contributed by atoms with van der Waals surface area (Å²) in [5, 5.41) is 0. The summed E-state index contributed by atoms with van der Waals surface area (Å²) in [6.45, 7) is 8.06. The summed E-state index contributed by atoms with van der Waals surface area (Å²) in [6, 6.07) is 7.79. The van der Waals surface area contributed by atoms with E-state index in [4.69, 9.17) is 0 Å². The second-order valence-electron chi connectivity index (χ2n) is 8.57. The van der Waals surface area contributed by atoms with Gasteiger partial charge in [0.05, 0.1) is 17.6 Å². The molecule has 1 aromatic carbocycles. The van der Waals surface area contributed by atoms with Crippen molar-refractivity contribution >= 4 is 22.8 Å². The lowest BCUT2D eigenvalue weighted by Crippen LogP contribution is -2.51. The van der Waals surface area contributed by atoms with Gasteiger partial charge < -0.3 is 9.80 Å². The molecule has 0 N–H and O–H groups in total. The molecule has 2 aliphatic heterocycles. The second kappa shape index (κ2) is 9.68. The quantitative estimate of drug-likeness (QED) is 0.669. The van der Waals surface area contributed by atoms with Gasteiger partial charge in [-0.05, 0) is 31.4 Å². The van der Waals surface area contributed by atoms with Crippen LogP contribution in [0.2, 0.25) is 0 Å². The Labute approximate surface area is 183 Å². The van der Waals surface area contributed by atoms with Crippen molar-refractivity contribution in [1.29, 1.82) is 0 Å². The molecule has 0 radical (unpaired) electrons. The summed E-state index contributed by atoms with van der Waals surface area (Å²) >= 11 is 0. The SMILES string of the molecule is CCCn1c(=O)n(CCC(=O)N2CCN(CC(=O)N3CCCC3)CC2)c2ccccc21. The van der Waals surface area contributed by atoms with Crippen molar-refractivity contribution in [1.82, 2.24) is 23.8 Å². The van der Waals surface area contributed by atoms with Crippen molar-refractivity contribution in [3.8, 4) is 0 Å². The van der Waals surface area contributed by atoms with Crippen molar-refractivity contribution in [2.75, 3.05) is 45.8 Å². The molecule has 1 aromatic heterocycles. The first-order valence-corrected chi connectivity index (χ1v) is 11.5. The maximum Gasteiger partial charge on any atom is 0.329 e. The van der Waals surface area contributed by atoms with Crippen molar-refractivity contribution in [2.24, 2.45) is 0 Å². The van der Waals surface area contributed by atoms with E-state index in [2.05, 4.69) is 11.8 Å². The number of hydrogen-bond acceptors (Lipinski definition) is 4. The number of benzene rings is 1. The third-order valence-corrected chi connectivity index (χ3v) is 6.46. The lowest BCUT2D eigenvalue weighted by atomic mass is 10.2. The fraction of sp³-hybridized carbons (Fsp3) is 0.609. The van der Waals surface area contributed by atoms with E-state index >= 15 is 0 Å². The van der Waals surface area contributed by atoms with Gasteiger partial charge in [0.15, 0.2) is 0 Å². The highest BCUT2D eigenvalue weighted by Gasteiger charge is 2.25. The summed E-state index contributed by atoms with van der Waals surface area (Å²) in [6.07, 6.45) is 3.41. The largest absolute Gasteiger partial charge is 0.342 e. The van der Waals surface area contributed by atoms with E-state index in [-0.39, 0.29) is 17.5 Å². The Bertz CT molecular complexity index is 981. The van der Waals surface area contributed by atoms with Gasteiger partial charge in [0.2, 0.25) is 11.8 Å². The van der Waals surface area contributed by atoms with Crippen molar-refractivity contribution in [3.63, 3.8) is 0 Å². The zero-order valence-corrected chi connectivity index (χ0v) is 18.5. The highest BCUT2D eigenvalue weighted by atomic mass is 16.2. The number of rotatable bonds is 7. The van der Waals surface area contributed by atoms with Crippen molar-refractivity contribution in [2.45, 2.75) is 45.7 Å². The third-order valence-electron chi connectivity index (χ3n) is 6.46. The topological polar surface area (TPSA) is 70.8 Å². The number of likely N-dealkylation sites (tertiary alicyclic amines) is 1. The van der Waals surface area contributed by atoms with Crippen LogP contribution in [-0.2, 0) is 22.7 Å². The van der Waals surface area contributed by atoms with E-state index in [0.717, 1.165) is 56.5 Å². The lowest BCUT2D eigenvalue weighted by Gasteiger charge is -2.35. The Hall–Kier alpha value is -2.61. The molecule has 0 unspecified atom stereocenters. The van der Waals surface area contributed by atoms with Gasteiger partial charge in [-0.25, -0.2) is 4.79 Å². The van der Waals surface area contributed by atoms with Crippen LogP contribution in [0.15, 0.2) is 29.1 Å². The molecule has 168 valence electrons. The van der Waals surface area contributed by atoms with Crippen LogP contribution in [0.4, 0.5) is 0 Å². The molecule has 3 heterocycles. The number of fused-ring (bicyclic) bond motifs is 1. The predicted molar refractivity (Wildman–Crippen MR) is 120 cm³/mol. The normalized spacial score (nSPS) is 17.6. The zero-order valence-electron chi connectivity index (χ0n) is 18.5. The minimum absolute atomic E-state index is 0.0407. The maximum absolute atomic E-state index is 12.9. The highest BCUT2D eigenvalue weighted by molar-refractivity contribution is 5.79. The molecule has 0 atom stereocenters. The molecule has 0 spiro atoms.